The molecule has 0 aliphatic heterocycles. The average Bonchev–Trinajstić information content (AvgIpc) is 2.62. The molecule has 152 valence electrons. The van der Waals surface area contributed by atoms with Gasteiger partial charge in [0.25, 0.3) is 0 Å². The Kier molecular flexibility index (Phi) is 8.33. The standard InChI is InChI=1S/C21H27ClN2O3S/c1-17-6-3-7-18(16-17)8-4-14-23-21(25)9-5-15-24(28(2,26)27)20-12-10-19(22)11-13-20/h3,6-7,10-13,16H,4-5,8-9,14-15H2,1-2H3,(H,23,25). The molecule has 0 unspecified atom stereocenters. The van der Waals surface area contributed by atoms with E-state index < -0.39 is 10.0 Å². The maximum atomic E-state index is 12.1. The Morgan fingerprint density at radius 3 is 2.46 bits per heavy atom. The van der Waals surface area contributed by atoms with Crippen LogP contribution in [0.2, 0.25) is 5.02 Å². The molecule has 5 nitrogen and oxygen atoms in total. The van der Waals surface area contributed by atoms with Gasteiger partial charge in [0.2, 0.25) is 15.9 Å². The van der Waals surface area contributed by atoms with Crippen molar-refractivity contribution in [2.75, 3.05) is 23.7 Å². The fourth-order valence-electron chi connectivity index (χ4n) is 2.95. The number of hydrogen-bond donors (Lipinski definition) is 1. The van der Waals surface area contributed by atoms with E-state index in [9.17, 15) is 13.2 Å². The fourth-order valence-corrected chi connectivity index (χ4v) is 4.04. The molecule has 1 N–H and O–H groups in total. The van der Waals surface area contributed by atoms with Gasteiger partial charge in [0, 0.05) is 24.5 Å². The predicted octanol–water partition coefficient (Wildman–Crippen LogP) is 3.94. The summed E-state index contributed by atoms with van der Waals surface area (Å²) >= 11 is 5.86. The first-order chi connectivity index (χ1) is 13.3. The van der Waals surface area contributed by atoms with Gasteiger partial charge >= 0.3 is 0 Å². The van der Waals surface area contributed by atoms with Crippen molar-refractivity contribution >= 4 is 33.2 Å². The van der Waals surface area contributed by atoms with Gasteiger partial charge in [-0.2, -0.15) is 0 Å². The van der Waals surface area contributed by atoms with E-state index in [1.165, 1.54) is 15.4 Å². The molecule has 0 bridgehead atoms. The lowest BCUT2D eigenvalue weighted by molar-refractivity contribution is -0.121. The molecule has 0 aliphatic rings. The van der Waals surface area contributed by atoms with Crippen LogP contribution in [0.1, 0.15) is 30.4 Å². The second-order valence-electron chi connectivity index (χ2n) is 6.86. The molecule has 0 radical (unpaired) electrons. The number of carbonyl (C=O) groups is 1. The van der Waals surface area contributed by atoms with Crippen molar-refractivity contribution in [3.63, 3.8) is 0 Å². The summed E-state index contributed by atoms with van der Waals surface area (Å²) in [6, 6.07) is 15.0. The van der Waals surface area contributed by atoms with Crippen LogP contribution in [0.4, 0.5) is 5.69 Å². The number of anilines is 1. The third-order valence-electron chi connectivity index (χ3n) is 4.33. The molecule has 1 amide bonds. The number of benzene rings is 2. The maximum absolute atomic E-state index is 12.1. The van der Waals surface area contributed by atoms with Gasteiger partial charge in [-0.15, -0.1) is 0 Å². The minimum atomic E-state index is -3.43. The molecule has 28 heavy (non-hydrogen) atoms. The average molecular weight is 423 g/mol. The highest BCUT2D eigenvalue weighted by atomic mass is 35.5. The lowest BCUT2D eigenvalue weighted by atomic mass is 10.1. The van der Waals surface area contributed by atoms with E-state index in [2.05, 4.69) is 30.4 Å². The zero-order chi connectivity index (χ0) is 20.6. The number of rotatable bonds is 10. The van der Waals surface area contributed by atoms with Crippen molar-refractivity contribution in [2.45, 2.75) is 32.6 Å². The largest absolute Gasteiger partial charge is 0.356 e. The van der Waals surface area contributed by atoms with Crippen LogP contribution in [0, 0.1) is 6.92 Å². The van der Waals surface area contributed by atoms with E-state index in [0.717, 1.165) is 19.1 Å². The van der Waals surface area contributed by atoms with E-state index in [4.69, 9.17) is 11.6 Å². The van der Waals surface area contributed by atoms with Crippen molar-refractivity contribution in [2.24, 2.45) is 0 Å². The number of aryl methyl sites for hydroxylation is 2. The first kappa shape index (κ1) is 22.2. The molecule has 0 aromatic heterocycles. The molecule has 7 heteroatoms. The zero-order valence-corrected chi connectivity index (χ0v) is 17.9. The Morgan fingerprint density at radius 2 is 1.82 bits per heavy atom. The molecule has 2 aromatic carbocycles. The molecular weight excluding hydrogens is 396 g/mol. The van der Waals surface area contributed by atoms with Crippen LogP contribution < -0.4 is 9.62 Å². The first-order valence-corrected chi connectivity index (χ1v) is 11.5. The number of halogens is 1. The molecule has 0 saturated carbocycles. The quantitative estimate of drug-likeness (QED) is 0.589. The van der Waals surface area contributed by atoms with Gasteiger partial charge in [-0.05, 0) is 56.0 Å². The molecule has 0 spiro atoms. The SMILES string of the molecule is Cc1cccc(CCCNC(=O)CCCN(c2ccc(Cl)cc2)S(C)(=O)=O)c1. The van der Waals surface area contributed by atoms with Crippen LogP contribution in [-0.2, 0) is 21.2 Å². The van der Waals surface area contributed by atoms with Gasteiger partial charge in [-0.25, -0.2) is 8.42 Å². The van der Waals surface area contributed by atoms with Gasteiger partial charge < -0.3 is 5.32 Å². The Morgan fingerprint density at radius 1 is 1.11 bits per heavy atom. The first-order valence-electron chi connectivity index (χ1n) is 9.31. The Labute approximate surface area is 172 Å². The number of nitrogens with one attached hydrogen (secondary N) is 1. The van der Waals surface area contributed by atoms with Crippen molar-refractivity contribution in [3.05, 3.63) is 64.7 Å². The second-order valence-corrected chi connectivity index (χ2v) is 9.20. The summed E-state index contributed by atoms with van der Waals surface area (Å²) in [7, 11) is -3.43. The topological polar surface area (TPSA) is 66.5 Å². The van der Waals surface area contributed by atoms with Crippen LogP contribution in [0.5, 0.6) is 0 Å². The Bertz CT molecular complexity index is 883. The smallest absolute Gasteiger partial charge is 0.232 e. The van der Waals surface area contributed by atoms with E-state index >= 15 is 0 Å². The number of sulfonamides is 1. The summed E-state index contributed by atoms with van der Waals surface area (Å²) in [6.07, 6.45) is 3.67. The lowest BCUT2D eigenvalue weighted by Gasteiger charge is -2.22. The van der Waals surface area contributed by atoms with Crippen molar-refractivity contribution in [1.82, 2.24) is 5.32 Å². The van der Waals surface area contributed by atoms with Crippen molar-refractivity contribution < 1.29 is 13.2 Å². The molecule has 2 aromatic rings. The molecular formula is C21H27ClN2O3S. The summed E-state index contributed by atoms with van der Waals surface area (Å²) in [5, 5.41) is 3.45. The monoisotopic (exact) mass is 422 g/mol. The number of carbonyl (C=O) groups excluding carboxylic acids is 1. The molecule has 0 aliphatic carbocycles. The van der Waals surface area contributed by atoms with E-state index in [1.807, 2.05) is 6.07 Å². The highest BCUT2D eigenvalue weighted by Crippen LogP contribution is 2.20. The molecule has 0 saturated heterocycles. The summed E-state index contributed by atoms with van der Waals surface area (Å²) in [5.41, 5.74) is 3.05. The summed E-state index contributed by atoms with van der Waals surface area (Å²) in [5.74, 6) is -0.0613. The third kappa shape index (κ3) is 7.52. The van der Waals surface area contributed by atoms with Gasteiger partial charge in [0.1, 0.15) is 0 Å². The van der Waals surface area contributed by atoms with E-state index in [-0.39, 0.29) is 18.9 Å². The molecule has 0 heterocycles. The third-order valence-corrected chi connectivity index (χ3v) is 5.77. The number of amides is 1. The van der Waals surface area contributed by atoms with Crippen LogP contribution in [0.3, 0.4) is 0 Å². The van der Waals surface area contributed by atoms with Crippen LogP contribution in [0.15, 0.2) is 48.5 Å². The predicted molar refractivity (Wildman–Crippen MR) is 115 cm³/mol. The van der Waals surface area contributed by atoms with Gasteiger partial charge in [0.05, 0.1) is 11.9 Å². The number of hydrogen-bond acceptors (Lipinski definition) is 3. The maximum Gasteiger partial charge on any atom is 0.232 e. The molecule has 0 fully saturated rings. The zero-order valence-electron chi connectivity index (χ0n) is 16.3. The van der Waals surface area contributed by atoms with E-state index in [1.54, 1.807) is 24.3 Å². The summed E-state index contributed by atoms with van der Waals surface area (Å²) in [6.45, 7) is 2.92. The highest BCUT2D eigenvalue weighted by Gasteiger charge is 2.17. The second kappa shape index (κ2) is 10.5. The fraction of sp³-hybridized carbons (Fsp3) is 0.381. The summed E-state index contributed by atoms with van der Waals surface area (Å²) in [4.78, 5) is 12.0. The molecule has 0 atom stereocenters. The van der Waals surface area contributed by atoms with Crippen LogP contribution in [0.25, 0.3) is 0 Å². The highest BCUT2D eigenvalue weighted by molar-refractivity contribution is 7.92. The van der Waals surface area contributed by atoms with Gasteiger partial charge in [-0.3, -0.25) is 9.10 Å². The molecule has 2 rings (SSSR count). The van der Waals surface area contributed by atoms with Crippen molar-refractivity contribution in [3.8, 4) is 0 Å². The van der Waals surface area contributed by atoms with E-state index in [0.29, 0.717) is 23.7 Å². The normalized spacial score (nSPS) is 11.2. The van der Waals surface area contributed by atoms with Crippen molar-refractivity contribution in [1.29, 1.82) is 0 Å². The van der Waals surface area contributed by atoms with Crippen LogP contribution >= 0.6 is 11.6 Å². The Hall–Kier alpha value is -2.05. The minimum Gasteiger partial charge on any atom is -0.356 e. The number of nitrogens with zero attached hydrogens (tertiary/aromatic N) is 1. The van der Waals surface area contributed by atoms with Gasteiger partial charge in [-0.1, -0.05) is 41.4 Å². The lowest BCUT2D eigenvalue weighted by Crippen LogP contribution is -2.32. The van der Waals surface area contributed by atoms with Crippen LogP contribution in [-0.4, -0.2) is 33.7 Å². The Balaban J connectivity index is 1.74. The minimum absolute atomic E-state index is 0.0613. The summed E-state index contributed by atoms with van der Waals surface area (Å²) < 4.78 is 25.4. The van der Waals surface area contributed by atoms with Gasteiger partial charge in [0.15, 0.2) is 0 Å².